The molecule has 0 saturated heterocycles. The van der Waals surface area contributed by atoms with Crippen molar-refractivity contribution in [3.8, 4) is 0 Å². The molecular weight excluding hydrogens is 267 g/mol. The first-order valence-electron chi connectivity index (χ1n) is 2.76. The fraction of sp³-hybridized carbons (Fsp3) is 0. The van der Waals surface area contributed by atoms with Crippen LogP contribution in [0.2, 0.25) is 0 Å². The summed E-state index contributed by atoms with van der Waals surface area (Å²) in [5.41, 5.74) is 0. The van der Waals surface area contributed by atoms with Gasteiger partial charge in [0.25, 0.3) is 0 Å². The normalized spacial score (nSPS) is 9.20. The molecule has 0 spiro atoms. The van der Waals surface area contributed by atoms with Crippen LogP contribution in [0.4, 0.5) is 0 Å². The molecule has 2 aromatic rings. The zero-order chi connectivity index (χ0) is 6.10. The van der Waals surface area contributed by atoms with E-state index >= 15 is 0 Å². The van der Waals surface area contributed by atoms with Gasteiger partial charge in [0, 0.05) is 11.6 Å². The van der Waals surface area contributed by atoms with E-state index < -0.39 is 0 Å². The van der Waals surface area contributed by atoms with Gasteiger partial charge in [0.1, 0.15) is 0 Å². The second kappa shape index (κ2) is 3.90. The van der Waals surface area contributed by atoms with Crippen molar-refractivity contribution < 1.29 is 2.85 Å². The predicted octanol–water partition coefficient (Wildman–Crippen LogP) is 2.14. The minimum absolute atomic E-state index is 0. The molecule has 0 aliphatic rings. The first-order chi connectivity index (χ1) is 4.47. The van der Waals surface area contributed by atoms with Crippen LogP contribution < -0.4 is 0 Å². The van der Waals surface area contributed by atoms with Gasteiger partial charge in [-0.2, -0.15) is 4.37 Å². The van der Waals surface area contributed by atoms with Crippen LogP contribution in [0.15, 0.2) is 30.5 Å². The number of rotatable bonds is 0. The first-order valence-corrected chi connectivity index (χ1v) is 3.53. The average Bonchev–Trinajstić information content (AvgIpc) is 2.33. The van der Waals surface area contributed by atoms with Crippen LogP contribution in [0.1, 0.15) is 2.85 Å². The smallest absolute Gasteiger partial charge is 1.00 e. The van der Waals surface area contributed by atoms with E-state index in [2.05, 4.69) is 16.5 Å². The fourth-order valence-electron chi connectivity index (χ4n) is 0.810. The number of hydrogen-bond donors (Lipinski definition) is 0. The topological polar surface area (TPSA) is 12.9 Å². The SMILES string of the molecule is [Ba+2].[H-].[H-].c1ccc2sncc2c1. The molecule has 1 aromatic heterocycles. The largest absolute Gasteiger partial charge is 2.00 e. The van der Waals surface area contributed by atoms with Crippen molar-refractivity contribution >= 4 is 70.5 Å². The molecular formula is C7H7BaNS. The summed E-state index contributed by atoms with van der Waals surface area (Å²) >= 11 is 1.54. The van der Waals surface area contributed by atoms with Crippen LogP contribution in [-0.2, 0) is 0 Å². The molecule has 0 saturated carbocycles. The van der Waals surface area contributed by atoms with E-state index in [0.29, 0.717) is 0 Å². The van der Waals surface area contributed by atoms with Crippen molar-refractivity contribution in [1.29, 1.82) is 0 Å². The molecule has 0 fully saturated rings. The monoisotopic (exact) mass is 275 g/mol. The van der Waals surface area contributed by atoms with Crippen molar-refractivity contribution in [1.82, 2.24) is 4.37 Å². The molecule has 10 heavy (non-hydrogen) atoms. The van der Waals surface area contributed by atoms with E-state index in [4.69, 9.17) is 0 Å². The maximum atomic E-state index is 4.04. The summed E-state index contributed by atoms with van der Waals surface area (Å²) in [5, 5.41) is 1.24. The van der Waals surface area contributed by atoms with E-state index in [0.717, 1.165) is 0 Å². The standard InChI is InChI=1S/C7H5NS.Ba.2H/c1-2-4-7-6(3-1)5-8-9-7;;;/h1-5H;;;/q;+2;2*-1. The van der Waals surface area contributed by atoms with Gasteiger partial charge in [-0.15, -0.1) is 0 Å². The zero-order valence-electron chi connectivity index (χ0n) is 7.45. The summed E-state index contributed by atoms with van der Waals surface area (Å²) in [6, 6.07) is 8.20. The van der Waals surface area contributed by atoms with Crippen molar-refractivity contribution in [2.24, 2.45) is 0 Å². The van der Waals surface area contributed by atoms with Crippen molar-refractivity contribution in [2.45, 2.75) is 0 Å². The third-order valence-corrected chi connectivity index (χ3v) is 2.04. The molecule has 0 amide bonds. The van der Waals surface area contributed by atoms with Crippen molar-refractivity contribution in [3.63, 3.8) is 0 Å². The Balaban J connectivity index is 0. The number of hydrogen-bond acceptors (Lipinski definition) is 2. The van der Waals surface area contributed by atoms with Crippen LogP contribution in [0.5, 0.6) is 0 Å². The van der Waals surface area contributed by atoms with Gasteiger partial charge in [-0.25, -0.2) is 0 Å². The van der Waals surface area contributed by atoms with Gasteiger partial charge in [-0.1, -0.05) is 18.2 Å². The Hall–Kier alpha value is 0.681. The van der Waals surface area contributed by atoms with Gasteiger partial charge < -0.3 is 2.85 Å². The van der Waals surface area contributed by atoms with Crippen molar-refractivity contribution in [2.75, 3.05) is 0 Å². The number of fused-ring (bicyclic) bond motifs is 1. The van der Waals surface area contributed by atoms with Gasteiger partial charge in [0.05, 0.1) is 4.70 Å². The molecule has 0 N–H and O–H groups in total. The molecule has 0 atom stereocenters. The fourth-order valence-corrected chi connectivity index (χ4v) is 1.46. The van der Waals surface area contributed by atoms with Crippen molar-refractivity contribution in [3.05, 3.63) is 30.5 Å². The second-order valence-electron chi connectivity index (χ2n) is 1.86. The minimum atomic E-state index is 0. The summed E-state index contributed by atoms with van der Waals surface area (Å²) < 4.78 is 5.30. The third kappa shape index (κ3) is 1.64. The van der Waals surface area contributed by atoms with E-state index in [1.54, 1.807) is 0 Å². The van der Waals surface area contributed by atoms with Gasteiger partial charge in [-0.05, 0) is 17.6 Å². The molecule has 48 valence electrons. The second-order valence-corrected chi connectivity index (χ2v) is 2.70. The molecule has 1 heterocycles. The minimum Gasteiger partial charge on any atom is -1.00 e. The maximum Gasteiger partial charge on any atom is 2.00 e. The van der Waals surface area contributed by atoms with Crippen LogP contribution in [0.25, 0.3) is 10.1 Å². The van der Waals surface area contributed by atoms with E-state index in [1.807, 2.05) is 18.3 Å². The molecule has 1 nitrogen and oxygen atoms in total. The summed E-state index contributed by atoms with van der Waals surface area (Å²) in [4.78, 5) is 0. The van der Waals surface area contributed by atoms with Gasteiger partial charge in [0.15, 0.2) is 0 Å². The summed E-state index contributed by atoms with van der Waals surface area (Å²) in [6.07, 6.45) is 1.89. The molecule has 2 rings (SSSR count). The molecule has 0 radical (unpaired) electrons. The Morgan fingerprint density at radius 1 is 1.30 bits per heavy atom. The average molecular weight is 275 g/mol. The zero-order valence-corrected chi connectivity index (χ0v) is 10.7. The number of benzene rings is 1. The Bertz CT molecular complexity index is 295. The van der Waals surface area contributed by atoms with Gasteiger partial charge in [-0.3, -0.25) is 0 Å². The predicted molar refractivity (Wildman–Crippen MR) is 47.6 cm³/mol. The summed E-state index contributed by atoms with van der Waals surface area (Å²) in [6.45, 7) is 0. The number of nitrogens with zero attached hydrogens (tertiary/aromatic N) is 1. The molecule has 1 aromatic carbocycles. The Kier molecular flexibility index (Phi) is 3.42. The molecule has 3 heteroatoms. The van der Waals surface area contributed by atoms with Crippen LogP contribution >= 0.6 is 11.5 Å². The van der Waals surface area contributed by atoms with E-state index in [1.165, 1.54) is 21.6 Å². The Labute approximate surface area is 107 Å². The first kappa shape index (κ1) is 8.78. The maximum absolute atomic E-state index is 4.04. The quantitative estimate of drug-likeness (QED) is 0.671. The van der Waals surface area contributed by atoms with Crippen LogP contribution in [0, 0.1) is 0 Å². The summed E-state index contributed by atoms with van der Waals surface area (Å²) in [7, 11) is 0. The Morgan fingerprint density at radius 2 is 2.10 bits per heavy atom. The Morgan fingerprint density at radius 3 is 2.90 bits per heavy atom. The summed E-state index contributed by atoms with van der Waals surface area (Å²) in [5.74, 6) is 0. The third-order valence-electron chi connectivity index (χ3n) is 1.26. The molecule has 0 aliphatic carbocycles. The molecule has 0 bridgehead atoms. The molecule has 0 unspecified atom stereocenters. The van der Waals surface area contributed by atoms with Gasteiger partial charge in [0.2, 0.25) is 0 Å². The number of aromatic nitrogens is 1. The molecule has 0 aliphatic heterocycles. The van der Waals surface area contributed by atoms with Gasteiger partial charge >= 0.3 is 48.9 Å². The van der Waals surface area contributed by atoms with E-state index in [9.17, 15) is 0 Å². The van der Waals surface area contributed by atoms with Crippen LogP contribution in [-0.4, -0.2) is 53.3 Å². The van der Waals surface area contributed by atoms with E-state index in [-0.39, 0.29) is 51.7 Å². The van der Waals surface area contributed by atoms with Crippen LogP contribution in [0.3, 0.4) is 0 Å².